The number of hydrogen-bond acceptors (Lipinski definition) is 5. The van der Waals surface area contributed by atoms with Crippen molar-refractivity contribution in [2.75, 3.05) is 11.9 Å². The summed E-state index contributed by atoms with van der Waals surface area (Å²) >= 11 is 0. The van der Waals surface area contributed by atoms with Crippen molar-refractivity contribution in [2.45, 2.75) is 24.2 Å². The van der Waals surface area contributed by atoms with Gasteiger partial charge in [-0.05, 0) is 29.8 Å². The van der Waals surface area contributed by atoms with Gasteiger partial charge >= 0.3 is 5.97 Å². The summed E-state index contributed by atoms with van der Waals surface area (Å²) in [4.78, 5) is 23.5. The van der Waals surface area contributed by atoms with Crippen molar-refractivity contribution in [1.82, 2.24) is 0 Å². The molecule has 0 radical (unpaired) electrons. The highest BCUT2D eigenvalue weighted by Crippen LogP contribution is 2.13. The second-order valence-corrected chi connectivity index (χ2v) is 7.14. The third-order valence-corrected chi connectivity index (χ3v) is 4.45. The van der Waals surface area contributed by atoms with E-state index >= 15 is 0 Å². The Morgan fingerprint density at radius 3 is 2.23 bits per heavy atom. The maximum absolute atomic E-state index is 11.8. The van der Waals surface area contributed by atoms with E-state index in [1.54, 1.807) is 0 Å². The molecule has 0 atom stereocenters. The van der Waals surface area contributed by atoms with E-state index in [9.17, 15) is 18.0 Å². The number of carbonyl (C=O) groups excluding carboxylic acids is 2. The van der Waals surface area contributed by atoms with Crippen LogP contribution in [0.25, 0.3) is 0 Å². The summed E-state index contributed by atoms with van der Waals surface area (Å²) in [5, 5.41) is 7.58. The molecule has 2 rings (SSSR count). The molecule has 2 aromatic carbocycles. The standard InChI is InChI=1S/C18H20N2O5S/c19-26(23,24)16-8-6-15(7-9-16)20-17(21)10-11-18(22)25-13-12-14-4-2-1-3-5-14/h1-9H,10-13H2,(H,20,21)(H2,19,23,24). The number of nitrogens with two attached hydrogens (primary N) is 1. The molecule has 0 aliphatic heterocycles. The molecular weight excluding hydrogens is 356 g/mol. The summed E-state index contributed by atoms with van der Waals surface area (Å²) in [6, 6.07) is 15.1. The fourth-order valence-electron chi connectivity index (χ4n) is 2.17. The van der Waals surface area contributed by atoms with E-state index in [-0.39, 0.29) is 30.3 Å². The van der Waals surface area contributed by atoms with Crippen LogP contribution in [0.5, 0.6) is 0 Å². The van der Waals surface area contributed by atoms with E-state index in [0.29, 0.717) is 12.1 Å². The highest BCUT2D eigenvalue weighted by atomic mass is 32.2. The van der Waals surface area contributed by atoms with Crippen LogP contribution in [0, 0.1) is 0 Å². The van der Waals surface area contributed by atoms with Gasteiger partial charge in [-0.1, -0.05) is 30.3 Å². The van der Waals surface area contributed by atoms with Crippen LogP contribution in [0.3, 0.4) is 0 Å². The third-order valence-electron chi connectivity index (χ3n) is 3.52. The molecule has 7 nitrogen and oxygen atoms in total. The van der Waals surface area contributed by atoms with Gasteiger partial charge in [0.15, 0.2) is 0 Å². The van der Waals surface area contributed by atoms with Crippen molar-refractivity contribution in [3.05, 3.63) is 60.2 Å². The Bertz CT molecular complexity index is 849. The fraction of sp³-hybridized carbons (Fsp3) is 0.222. The van der Waals surface area contributed by atoms with Crippen LogP contribution in [0.1, 0.15) is 18.4 Å². The summed E-state index contributed by atoms with van der Waals surface area (Å²) in [6.07, 6.45) is 0.562. The molecule has 26 heavy (non-hydrogen) atoms. The molecule has 0 aromatic heterocycles. The predicted molar refractivity (Wildman–Crippen MR) is 96.8 cm³/mol. The molecule has 0 bridgehead atoms. The molecule has 0 heterocycles. The number of benzene rings is 2. The predicted octanol–water partition coefficient (Wildman–Crippen LogP) is 1.84. The molecule has 2 aromatic rings. The van der Waals surface area contributed by atoms with Crippen molar-refractivity contribution >= 4 is 27.6 Å². The van der Waals surface area contributed by atoms with Crippen LogP contribution in [0.15, 0.2) is 59.5 Å². The van der Waals surface area contributed by atoms with Gasteiger partial charge in [0.1, 0.15) is 0 Å². The van der Waals surface area contributed by atoms with Gasteiger partial charge in [0, 0.05) is 18.5 Å². The van der Waals surface area contributed by atoms with Crippen molar-refractivity contribution in [2.24, 2.45) is 5.14 Å². The van der Waals surface area contributed by atoms with E-state index in [1.807, 2.05) is 30.3 Å². The van der Waals surface area contributed by atoms with Crippen molar-refractivity contribution in [1.29, 1.82) is 0 Å². The Labute approximate surface area is 152 Å². The summed E-state index contributed by atoms with van der Waals surface area (Å²) in [7, 11) is -3.77. The zero-order chi connectivity index (χ0) is 19.0. The summed E-state index contributed by atoms with van der Waals surface area (Å²) in [5.74, 6) is -0.811. The average molecular weight is 376 g/mol. The Morgan fingerprint density at radius 2 is 1.62 bits per heavy atom. The van der Waals surface area contributed by atoms with Gasteiger partial charge in [0.25, 0.3) is 0 Å². The molecule has 138 valence electrons. The highest BCUT2D eigenvalue weighted by molar-refractivity contribution is 7.89. The smallest absolute Gasteiger partial charge is 0.306 e. The number of carbonyl (C=O) groups is 2. The molecule has 0 fully saturated rings. The van der Waals surface area contributed by atoms with Gasteiger partial charge in [-0.2, -0.15) is 0 Å². The lowest BCUT2D eigenvalue weighted by Gasteiger charge is -2.07. The Balaban J connectivity index is 1.70. The van der Waals surface area contributed by atoms with Gasteiger partial charge in [-0.15, -0.1) is 0 Å². The number of primary sulfonamides is 1. The van der Waals surface area contributed by atoms with E-state index in [2.05, 4.69) is 5.32 Å². The number of amides is 1. The second kappa shape index (κ2) is 9.12. The average Bonchev–Trinajstić information content (AvgIpc) is 2.60. The maximum atomic E-state index is 11.8. The first-order valence-electron chi connectivity index (χ1n) is 7.97. The Kier molecular flexibility index (Phi) is 6.88. The number of rotatable bonds is 8. The van der Waals surface area contributed by atoms with Crippen molar-refractivity contribution in [3.63, 3.8) is 0 Å². The van der Waals surface area contributed by atoms with Gasteiger partial charge in [0.2, 0.25) is 15.9 Å². The first kappa shape index (κ1) is 19.6. The van der Waals surface area contributed by atoms with Crippen molar-refractivity contribution < 1.29 is 22.7 Å². The van der Waals surface area contributed by atoms with E-state index in [4.69, 9.17) is 9.88 Å². The van der Waals surface area contributed by atoms with Crippen LogP contribution in [0.4, 0.5) is 5.69 Å². The number of anilines is 1. The molecule has 0 unspecified atom stereocenters. The van der Waals surface area contributed by atoms with Crippen molar-refractivity contribution in [3.8, 4) is 0 Å². The summed E-state index contributed by atoms with van der Waals surface area (Å²) in [5.41, 5.74) is 1.49. The topological polar surface area (TPSA) is 116 Å². The molecular formula is C18H20N2O5S. The normalized spacial score (nSPS) is 11.0. The fourth-order valence-corrected chi connectivity index (χ4v) is 2.68. The lowest BCUT2D eigenvalue weighted by Crippen LogP contribution is -2.16. The zero-order valence-corrected chi connectivity index (χ0v) is 14.9. The monoisotopic (exact) mass is 376 g/mol. The number of ether oxygens (including phenoxy) is 1. The minimum absolute atomic E-state index is 0.0267. The van der Waals surface area contributed by atoms with Gasteiger partial charge < -0.3 is 10.1 Å². The van der Waals surface area contributed by atoms with E-state index < -0.39 is 16.0 Å². The number of nitrogens with one attached hydrogen (secondary N) is 1. The maximum Gasteiger partial charge on any atom is 0.306 e. The molecule has 3 N–H and O–H groups in total. The lowest BCUT2D eigenvalue weighted by molar-refractivity contribution is -0.144. The van der Waals surface area contributed by atoms with Crippen LogP contribution < -0.4 is 10.5 Å². The quantitative estimate of drug-likeness (QED) is 0.682. The minimum atomic E-state index is -3.77. The molecule has 0 saturated carbocycles. The second-order valence-electron chi connectivity index (χ2n) is 5.57. The summed E-state index contributed by atoms with van der Waals surface area (Å²) < 4.78 is 27.4. The largest absolute Gasteiger partial charge is 0.465 e. The summed E-state index contributed by atoms with van der Waals surface area (Å²) in [6.45, 7) is 0.263. The van der Waals surface area contributed by atoms with Gasteiger partial charge in [-0.25, -0.2) is 13.6 Å². The molecule has 1 amide bonds. The van der Waals surface area contributed by atoms with Gasteiger partial charge in [-0.3, -0.25) is 9.59 Å². The Morgan fingerprint density at radius 1 is 0.962 bits per heavy atom. The number of hydrogen-bond donors (Lipinski definition) is 2. The van der Waals surface area contributed by atoms with Crippen LogP contribution in [-0.2, 0) is 30.8 Å². The minimum Gasteiger partial charge on any atom is -0.465 e. The molecule has 0 aliphatic rings. The third kappa shape index (κ3) is 6.66. The molecule has 0 spiro atoms. The van der Waals surface area contributed by atoms with E-state index in [1.165, 1.54) is 24.3 Å². The molecule has 0 saturated heterocycles. The SMILES string of the molecule is NS(=O)(=O)c1ccc(NC(=O)CCC(=O)OCCc2ccccc2)cc1. The number of esters is 1. The zero-order valence-electron chi connectivity index (χ0n) is 14.1. The highest BCUT2D eigenvalue weighted by Gasteiger charge is 2.10. The number of sulfonamides is 1. The first-order valence-corrected chi connectivity index (χ1v) is 9.51. The first-order chi connectivity index (χ1) is 12.3. The van der Waals surface area contributed by atoms with Crippen LogP contribution >= 0.6 is 0 Å². The van der Waals surface area contributed by atoms with Gasteiger partial charge in [0.05, 0.1) is 17.9 Å². The van der Waals surface area contributed by atoms with Crippen LogP contribution in [-0.4, -0.2) is 26.9 Å². The molecule has 0 aliphatic carbocycles. The molecule has 8 heteroatoms. The lowest BCUT2D eigenvalue weighted by atomic mass is 10.2. The van der Waals surface area contributed by atoms with E-state index in [0.717, 1.165) is 5.56 Å². The Hall–Kier alpha value is -2.71. The van der Waals surface area contributed by atoms with Crippen LogP contribution in [0.2, 0.25) is 0 Å².